The second-order valence-corrected chi connectivity index (χ2v) is 5.61. The summed E-state index contributed by atoms with van der Waals surface area (Å²) in [5, 5.41) is 2.81. The summed E-state index contributed by atoms with van der Waals surface area (Å²) in [6, 6.07) is 13.4. The molecule has 0 aliphatic rings. The lowest BCUT2D eigenvalue weighted by atomic mass is 10.2. The molecular weight excluding hydrogens is 332 g/mol. The second kappa shape index (κ2) is 7.13. The number of carbonyl (C=O) groups excluding carboxylic acids is 1. The topological polar surface area (TPSA) is 64.3 Å². The number of nitrogens with two attached hydrogens (primary N) is 1. The van der Waals surface area contributed by atoms with Crippen LogP contribution in [0.25, 0.3) is 0 Å². The van der Waals surface area contributed by atoms with Gasteiger partial charge in [0.15, 0.2) is 6.61 Å². The fourth-order valence-electron chi connectivity index (χ4n) is 1.94. The summed E-state index contributed by atoms with van der Waals surface area (Å²) in [7, 11) is 0. The Morgan fingerprint density at radius 3 is 2.67 bits per heavy atom. The molecule has 0 saturated carbocycles. The minimum atomic E-state index is -0.180. The highest BCUT2D eigenvalue weighted by molar-refractivity contribution is 9.10. The molecule has 0 bridgehead atoms. The number of anilines is 1. The summed E-state index contributed by atoms with van der Waals surface area (Å²) >= 11 is 3.36. The molecule has 4 nitrogen and oxygen atoms in total. The van der Waals surface area contributed by atoms with Crippen molar-refractivity contribution in [1.29, 1.82) is 0 Å². The number of nitrogen functional groups attached to an aromatic ring is 1. The van der Waals surface area contributed by atoms with E-state index in [1.54, 1.807) is 6.07 Å². The summed E-state index contributed by atoms with van der Waals surface area (Å²) < 4.78 is 6.40. The number of hydrogen-bond acceptors (Lipinski definition) is 3. The summed E-state index contributed by atoms with van der Waals surface area (Å²) in [4.78, 5) is 11.8. The first-order chi connectivity index (χ1) is 10.1. The maximum absolute atomic E-state index is 11.8. The van der Waals surface area contributed by atoms with E-state index < -0.39 is 0 Å². The fourth-order valence-corrected chi connectivity index (χ4v) is 2.53. The van der Waals surface area contributed by atoms with Crippen LogP contribution in [-0.4, -0.2) is 12.5 Å². The highest BCUT2D eigenvalue weighted by Crippen LogP contribution is 2.29. The molecule has 0 aliphatic heterocycles. The largest absolute Gasteiger partial charge is 0.481 e. The second-order valence-electron chi connectivity index (χ2n) is 4.69. The molecule has 110 valence electrons. The predicted octanol–water partition coefficient (Wildman–Crippen LogP) is 3.03. The van der Waals surface area contributed by atoms with Gasteiger partial charge in [0.25, 0.3) is 5.91 Å². The van der Waals surface area contributed by atoms with Crippen LogP contribution >= 0.6 is 15.9 Å². The van der Waals surface area contributed by atoms with Crippen molar-refractivity contribution >= 4 is 27.5 Å². The number of rotatable bonds is 5. The van der Waals surface area contributed by atoms with Crippen LogP contribution in [0, 0.1) is 6.92 Å². The molecule has 0 radical (unpaired) electrons. The Kier molecular flexibility index (Phi) is 5.22. The molecule has 1 amide bonds. The van der Waals surface area contributed by atoms with Gasteiger partial charge in [0.1, 0.15) is 5.75 Å². The number of aryl methyl sites for hydroxylation is 1. The molecule has 5 heteroatoms. The molecule has 0 atom stereocenters. The lowest BCUT2D eigenvalue weighted by Crippen LogP contribution is -2.28. The zero-order valence-electron chi connectivity index (χ0n) is 11.7. The molecule has 0 saturated heterocycles. The van der Waals surface area contributed by atoms with Gasteiger partial charge < -0.3 is 15.8 Å². The lowest BCUT2D eigenvalue weighted by molar-refractivity contribution is -0.123. The van der Waals surface area contributed by atoms with Gasteiger partial charge in [-0.25, -0.2) is 0 Å². The van der Waals surface area contributed by atoms with Crippen LogP contribution in [0.5, 0.6) is 5.75 Å². The third-order valence-corrected chi connectivity index (χ3v) is 3.41. The van der Waals surface area contributed by atoms with Crippen molar-refractivity contribution in [2.24, 2.45) is 0 Å². The van der Waals surface area contributed by atoms with Gasteiger partial charge in [0, 0.05) is 11.0 Å². The van der Waals surface area contributed by atoms with Gasteiger partial charge in [-0.15, -0.1) is 0 Å². The number of halogens is 1. The van der Waals surface area contributed by atoms with Crippen molar-refractivity contribution < 1.29 is 9.53 Å². The van der Waals surface area contributed by atoms with Crippen LogP contribution in [0.4, 0.5) is 5.69 Å². The van der Waals surface area contributed by atoms with Crippen LogP contribution in [0.3, 0.4) is 0 Å². The van der Waals surface area contributed by atoms with E-state index in [1.165, 1.54) is 0 Å². The molecule has 0 fully saturated rings. The zero-order chi connectivity index (χ0) is 15.2. The maximum atomic E-state index is 11.8. The first-order valence-electron chi connectivity index (χ1n) is 6.55. The SMILES string of the molecule is Cc1cc(Br)cc(N)c1OCC(=O)NCc1ccccc1. The summed E-state index contributed by atoms with van der Waals surface area (Å²) in [5.41, 5.74) is 8.33. The van der Waals surface area contributed by atoms with Crippen LogP contribution < -0.4 is 15.8 Å². The van der Waals surface area contributed by atoms with E-state index in [0.717, 1.165) is 15.6 Å². The minimum Gasteiger partial charge on any atom is -0.481 e. The lowest BCUT2D eigenvalue weighted by Gasteiger charge is -2.12. The summed E-state index contributed by atoms with van der Waals surface area (Å²) in [5.74, 6) is 0.369. The van der Waals surface area contributed by atoms with Crippen LogP contribution in [-0.2, 0) is 11.3 Å². The Morgan fingerprint density at radius 1 is 1.29 bits per heavy atom. The molecule has 0 heterocycles. The number of nitrogens with one attached hydrogen (secondary N) is 1. The first-order valence-corrected chi connectivity index (χ1v) is 7.34. The molecule has 2 rings (SSSR count). The quantitative estimate of drug-likeness (QED) is 0.816. The summed E-state index contributed by atoms with van der Waals surface area (Å²) in [6.45, 7) is 2.32. The Morgan fingerprint density at radius 2 is 2.00 bits per heavy atom. The van der Waals surface area contributed by atoms with Crippen molar-refractivity contribution in [3.63, 3.8) is 0 Å². The van der Waals surface area contributed by atoms with Gasteiger partial charge in [-0.1, -0.05) is 46.3 Å². The van der Waals surface area contributed by atoms with Gasteiger partial charge in [-0.2, -0.15) is 0 Å². The number of amides is 1. The van der Waals surface area contributed by atoms with E-state index >= 15 is 0 Å². The van der Waals surface area contributed by atoms with Crippen molar-refractivity contribution in [3.05, 3.63) is 58.1 Å². The Hall–Kier alpha value is -2.01. The van der Waals surface area contributed by atoms with Crippen LogP contribution in [0.2, 0.25) is 0 Å². The first kappa shape index (κ1) is 15.4. The molecule has 21 heavy (non-hydrogen) atoms. The average molecular weight is 349 g/mol. The smallest absolute Gasteiger partial charge is 0.258 e. The van der Waals surface area contributed by atoms with Crippen LogP contribution in [0.15, 0.2) is 46.9 Å². The van der Waals surface area contributed by atoms with Gasteiger partial charge in [-0.3, -0.25) is 4.79 Å². The molecule has 0 aromatic heterocycles. The van der Waals surface area contributed by atoms with Crippen molar-refractivity contribution in [1.82, 2.24) is 5.32 Å². The van der Waals surface area contributed by atoms with E-state index in [2.05, 4.69) is 21.2 Å². The van der Waals surface area contributed by atoms with Crippen molar-refractivity contribution in [2.45, 2.75) is 13.5 Å². The normalized spacial score (nSPS) is 10.2. The van der Waals surface area contributed by atoms with Crippen molar-refractivity contribution in [3.8, 4) is 5.75 Å². The predicted molar refractivity (Wildman–Crippen MR) is 87.1 cm³/mol. The van der Waals surface area contributed by atoms with E-state index in [-0.39, 0.29) is 12.5 Å². The zero-order valence-corrected chi connectivity index (χ0v) is 13.3. The third kappa shape index (κ3) is 4.49. The van der Waals surface area contributed by atoms with E-state index in [9.17, 15) is 4.79 Å². The van der Waals surface area contributed by atoms with Gasteiger partial charge in [0.05, 0.1) is 5.69 Å². The molecule has 0 aliphatic carbocycles. The van der Waals surface area contributed by atoms with E-state index in [0.29, 0.717) is 18.0 Å². The van der Waals surface area contributed by atoms with Crippen molar-refractivity contribution in [2.75, 3.05) is 12.3 Å². The highest BCUT2D eigenvalue weighted by atomic mass is 79.9. The minimum absolute atomic E-state index is 0.0560. The molecule has 0 unspecified atom stereocenters. The fraction of sp³-hybridized carbons (Fsp3) is 0.188. The number of hydrogen-bond donors (Lipinski definition) is 2. The Bertz CT molecular complexity index is 606. The van der Waals surface area contributed by atoms with E-state index in [1.807, 2.05) is 43.3 Å². The monoisotopic (exact) mass is 348 g/mol. The maximum Gasteiger partial charge on any atom is 0.258 e. The number of carbonyl (C=O) groups is 1. The standard InChI is InChI=1S/C16H17BrN2O2/c1-11-7-13(17)8-14(18)16(11)21-10-15(20)19-9-12-5-3-2-4-6-12/h2-8H,9-10,18H2,1H3,(H,19,20). The van der Waals surface area contributed by atoms with Gasteiger partial charge >= 0.3 is 0 Å². The van der Waals surface area contributed by atoms with Gasteiger partial charge in [-0.05, 0) is 30.2 Å². The molecular formula is C16H17BrN2O2. The molecule has 2 aromatic rings. The average Bonchev–Trinajstić information content (AvgIpc) is 2.45. The number of benzene rings is 2. The van der Waals surface area contributed by atoms with Gasteiger partial charge in [0.2, 0.25) is 0 Å². The molecule has 2 aromatic carbocycles. The van der Waals surface area contributed by atoms with E-state index in [4.69, 9.17) is 10.5 Å². The Balaban J connectivity index is 1.87. The Labute approximate surface area is 132 Å². The highest BCUT2D eigenvalue weighted by Gasteiger charge is 2.09. The third-order valence-electron chi connectivity index (χ3n) is 2.95. The van der Waals surface area contributed by atoms with Crippen LogP contribution in [0.1, 0.15) is 11.1 Å². The number of ether oxygens (including phenoxy) is 1. The molecule has 3 N–H and O–H groups in total. The molecule has 0 spiro atoms. The summed E-state index contributed by atoms with van der Waals surface area (Å²) in [6.07, 6.45) is 0.